The van der Waals surface area contributed by atoms with Gasteiger partial charge < -0.3 is 5.11 Å². The van der Waals surface area contributed by atoms with E-state index in [-0.39, 0.29) is 10.7 Å². The van der Waals surface area contributed by atoms with Crippen LogP contribution in [0, 0.1) is 5.82 Å². The summed E-state index contributed by atoms with van der Waals surface area (Å²) in [5, 5.41) is 14.3. The van der Waals surface area contributed by atoms with Gasteiger partial charge in [0.25, 0.3) is 0 Å². The van der Waals surface area contributed by atoms with Crippen molar-refractivity contribution in [3.05, 3.63) is 58.0 Å². The van der Waals surface area contributed by atoms with Crippen LogP contribution in [0.2, 0.25) is 10.0 Å². The zero-order valence-electron chi connectivity index (χ0n) is 10.3. The van der Waals surface area contributed by atoms with Crippen molar-refractivity contribution >= 4 is 40.1 Å². The molecule has 0 aliphatic rings. The van der Waals surface area contributed by atoms with Crippen molar-refractivity contribution in [3.8, 4) is 5.69 Å². The summed E-state index contributed by atoms with van der Waals surface area (Å²) in [6.07, 6.45) is 0. The van der Waals surface area contributed by atoms with Gasteiger partial charge in [-0.15, -0.1) is 0 Å². The van der Waals surface area contributed by atoms with E-state index in [1.54, 1.807) is 12.1 Å². The molecule has 3 aromatic rings. The van der Waals surface area contributed by atoms with Crippen molar-refractivity contribution in [1.29, 1.82) is 0 Å². The van der Waals surface area contributed by atoms with Crippen molar-refractivity contribution in [2.24, 2.45) is 0 Å². The minimum Gasteiger partial charge on any atom is -0.476 e. The fraction of sp³-hybridized carbons (Fsp3) is 0. The van der Waals surface area contributed by atoms with Crippen LogP contribution in [0.3, 0.4) is 0 Å². The Hall–Kier alpha value is -2.11. The van der Waals surface area contributed by atoms with Crippen LogP contribution >= 0.6 is 23.2 Å². The Morgan fingerprint density at radius 2 is 1.95 bits per heavy atom. The van der Waals surface area contributed by atoms with E-state index >= 15 is 0 Å². The molecule has 0 unspecified atom stereocenters. The van der Waals surface area contributed by atoms with Gasteiger partial charge in [-0.1, -0.05) is 23.2 Å². The largest absolute Gasteiger partial charge is 0.476 e. The van der Waals surface area contributed by atoms with E-state index in [0.29, 0.717) is 21.6 Å². The van der Waals surface area contributed by atoms with E-state index in [1.807, 2.05) is 0 Å². The molecule has 7 heteroatoms. The van der Waals surface area contributed by atoms with Gasteiger partial charge in [0.15, 0.2) is 5.69 Å². The van der Waals surface area contributed by atoms with Crippen molar-refractivity contribution in [1.82, 2.24) is 9.78 Å². The lowest BCUT2D eigenvalue weighted by Gasteiger charge is -2.06. The topological polar surface area (TPSA) is 55.1 Å². The number of carbonyl (C=O) groups is 1. The molecule has 1 heterocycles. The highest BCUT2D eigenvalue weighted by Gasteiger charge is 2.19. The third-order valence-corrected chi connectivity index (χ3v) is 3.52. The van der Waals surface area contributed by atoms with E-state index in [1.165, 1.54) is 28.9 Å². The molecule has 0 saturated carbocycles. The maximum absolute atomic E-state index is 13.5. The summed E-state index contributed by atoms with van der Waals surface area (Å²) >= 11 is 11.9. The average molecular weight is 325 g/mol. The SMILES string of the molecule is O=C(O)c1nn(-c2ccc(Cl)cc2Cl)c2cc(F)ccc12. The normalized spacial score (nSPS) is 11.0. The number of nitrogens with zero attached hydrogens (tertiary/aromatic N) is 2. The second-order valence-corrected chi connectivity index (χ2v) is 5.17. The summed E-state index contributed by atoms with van der Waals surface area (Å²) in [5.74, 6) is -1.69. The van der Waals surface area contributed by atoms with Crippen LogP contribution in [0.25, 0.3) is 16.6 Å². The quantitative estimate of drug-likeness (QED) is 0.769. The Kier molecular flexibility index (Phi) is 3.31. The molecule has 0 aliphatic carbocycles. The van der Waals surface area contributed by atoms with Crippen LogP contribution in [0.5, 0.6) is 0 Å². The fourth-order valence-electron chi connectivity index (χ4n) is 2.08. The van der Waals surface area contributed by atoms with Crippen molar-refractivity contribution in [3.63, 3.8) is 0 Å². The van der Waals surface area contributed by atoms with Gasteiger partial charge in [0.1, 0.15) is 5.82 Å². The highest BCUT2D eigenvalue weighted by Crippen LogP contribution is 2.29. The first-order chi connectivity index (χ1) is 9.97. The number of carboxylic acid groups (broad SMARTS) is 1. The van der Waals surface area contributed by atoms with Gasteiger partial charge in [-0.05, 0) is 30.3 Å². The molecule has 0 atom stereocenters. The minimum absolute atomic E-state index is 0.170. The predicted molar refractivity (Wildman–Crippen MR) is 78.0 cm³/mol. The van der Waals surface area contributed by atoms with Crippen LogP contribution < -0.4 is 0 Å². The van der Waals surface area contributed by atoms with Crippen molar-refractivity contribution in [2.75, 3.05) is 0 Å². The lowest BCUT2D eigenvalue weighted by molar-refractivity contribution is 0.0692. The summed E-state index contributed by atoms with van der Waals surface area (Å²) in [4.78, 5) is 11.3. The van der Waals surface area contributed by atoms with Crippen LogP contribution in [0.4, 0.5) is 4.39 Å². The maximum atomic E-state index is 13.5. The smallest absolute Gasteiger partial charge is 0.357 e. The number of hydrogen-bond donors (Lipinski definition) is 1. The number of aromatic nitrogens is 2. The summed E-state index contributed by atoms with van der Waals surface area (Å²) in [5.41, 5.74) is 0.566. The average Bonchev–Trinajstić information content (AvgIpc) is 2.77. The highest BCUT2D eigenvalue weighted by molar-refractivity contribution is 6.35. The minimum atomic E-state index is -1.20. The third kappa shape index (κ3) is 2.34. The lowest BCUT2D eigenvalue weighted by Crippen LogP contribution is -2.01. The van der Waals surface area contributed by atoms with E-state index in [9.17, 15) is 14.3 Å². The molecule has 1 aromatic heterocycles. The number of hydrogen-bond acceptors (Lipinski definition) is 2. The van der Waals surface area contributed by atoms with Gasteiger partial charge in [0.05, 0.1) is 16.2 Å². The molecule has 3 rings (SSSR count). The molecule has 0 bridgehead atoms. The zero-order valence-corrected chi connectivity index (χ0v) is 11.9. The summed E-state index contributed by atoms with van der Waals surface area (Å²) in [6.45, 7) is 0. The lowest BCUT2D eigenvalue weighted by atomic mass is 10.2. The van der Waals surface area contributed by atoms with Crippen molar-refractivity contribution in [2.45, 2.75) is 0 Å². The molecule has 0 saturated heterocycles. The van der Waals surface area contributed by atoms with E-state index in [0.717, 1.165) is 0 Å². The van der Waals surface area contributed by atoms with Crippen LogP contribution in [0.15, 0.2) is 36.4 Å². The first kappa shape index (κ1) is 13.9. The van der Waals surface area contributed by atoms with Crippen LogP contribution in [0.1, 0.15) is 10.5 Å². The Balaban J connectivity index is 2.36. The predicted octanol–water partition coefficient (Wildman–Crippen LogP) is 4.17. The molecule has 106 valence electrons. The van der Waals surface area contributed by atoms with Gasteiger partial charge in [0, 0.05) is 16.5 Å². The Bertz CT molecular complexity index is 877. The number of fused-ring (bicyclic) bond motifs is 1. The molecule has 0 radical (unpaired) electrons. The Morgan fingerprint density at radius 1 is 1.19 bits per heavy atom. The molecule has 21 heavy (non-hydrogen) atoms. The molecule has 0 fully saturated rings. The first-order valence-corrected chi connectivity index (χ1v) is 6.60. The fourth-order valence-corrected chi connectivity index (χ4v) is 2.57. The van der Waals surface area contributed by atoms with E-state index < -0.39 is 11.8 Å². The molecule has 0 spiro atoms. The number of aromatic carboxylic acids is 1. The molecule has 0 aliphatic heterocycles. The highest BCUT2D eigenvalue weighted by atomic mass is 35.5. The Morgan fingerprint density at radius 3 is 2.62 bits per heavy atom. The zero-order chi connectivity index (χ0) is 15.1. The van der Waals surface area contributed by atoms with Crippen LogP contribution in [-0.2, 0) is 0 Å². The van der Waals surface area contributed by atoms with E-state index in [2.05, 4.69) is 5.10 Å². The maximum Gasteiger partial charge on any atom is 0.357 e. The monoisotopic (exact) mass is 324 g/mol. The molecular weight excluding hydrogens is 318 g/mol. The van der Waals surface area contributed by atoms with Gasteiger partial charge in [-0.2, -0.15) is 5.10 Å². The van der Waals surface area contributed by atoms with Gasteiger partial charge in [0.2, 0.25) is 0 Å². The van der Waals surface area contributed by atoms with Gasteiger partial charge in [-0.3, -0.25) is 0 Å². The van der Waals surface area contributed by atoms with E-state index in [4.69, 9.17) is 23.2 Å². The number of halogens is 3. The molecule has 2 aromatic carbocycles. The first-order valence-electron chi connectivity index (χ1n) is 5.84. The third-order valence-electron chi connectivity index (χ3n) is 2.98. The summed E-state index contributed by atoms with van der Waals surface area (Å²) in [6, 6.07) is 8.46. The van der Waals surface area contributed by atoms with Crippen LogP contribution in [-0.4, -0.2) is 20.9 Å². The number of carboxylic acids is 1. The van der Waals surface area contributed by atoms with Crippen molar-refractivity contribution < 1.29 is 14.3 Å². The second-order valence-electron chi connectivity index (χ2n) is 4.32. The summed E-state index contributed by atoms with van der Waals surface area (Å²) in [7, 11) is 0. The van der Waals surface area contributed by atoms with Gasteiger partial charge in [-0.25, -0.2) is 13.9 Å². The molecule has 4 nitrogen and oxygen atoms in total. The number of rotatable bonds is 2. The van der Waals surface area contributed by atoms with Gasteiger partial charge >= 0.3 is 5.97 Å². The summed E-state index contributed by atoms with van der Waals surface area (Å²) < 4.78 is 14.8. The molecular formula is C14H7Cl2FN2O2. The number of benzene rings is 2. The molecule has 1 N–H and O–H groups in total. The second kappa shape index (κ2) is 5.02. The Labute approximate surface area is 128 Å². The standard InChI is InChI=1S/C14H7Cl2FN2O2/c15-7-1-4-11(10(16)5-7)19-12-6-8(17)2-3-9(12)13(18-19)14(20)21/h1-6H,(H,20,21). The molecule has 0 amide bonds.